The lowest BCUT2D eigenvalue weighted by Gasteiger charge is -2.08. The molecule has 20 heavy (non-hydrogen) atoms. The topological polar surface area (TPSA) is 82.7 Å². The van der Waals surface area contributed by atoms with Crippen molar-refractivity contribution in [1.82, 2.24) is 14.9 Å². The Hall–Kier alpha value is -2.81. The third-order valence-electron chi connectivity index (χ3n) is 2.69. The summed E-state index contributed by atoms with van der Waals surface area (Å²) in [6.07, 6.45) is 6.17. The second-order valence-electron chi connectivity index (χ2n) is 4.23. The van der Waals surface area contributed by atoms with Crippen molar-refractivity contribution >= 4 is 11.7 Å². The lowest BCUT2D eigenvalue weighted by molar-refractivity contribution is 0.252. The van der Waals surface area contributed by atoms with Gasteiger partial charge in [0, 0.05) is 31.2 Å². The minimum atomic E-state index is -0.272. The summed E-state index contributed by atoms with van der Waals surface area (Å²) < 4.78 is 1.95. The number of imidazole rings is 1. The molecule has 2 aromatic rings. The molecule has 0 fully saturated rings. The van der Waals surface area contributed by atoms with Crippen LogP contribution < -0.4 is 10.6 Å². The summed E-state index contributed by atoms with van der Waals surface area (Å²) in [4.78, 5) is 15.6. The summed E-state index contributed by atoms with van der Waals surface area (Å²) in [5.74, 6) is 0. The maximum absolute atomic E-state index is 11.6. The molecule has 0 aliphatic heterocycles. The summed E-state index contributed by atoms with van der Waals surface area (Å²) >= 11 is 0. The molecular weight excluding hydrogens is 254 g/mol. The average molecular weight is 269 g/mol. The maximum atomic E-state index is 11.6. The van der Waals surface area contributed by atoms with Crippen LogP contribution in [0.2, 0.25) is 0 Å². The van der Waals surface area contributed by atoms with Gasteiger partial charge in [-0.3, -0.25) is 0 Å². The Morgan fingerprint density at radius 1 is 1.45 bits per heavy atom. The zero-order valence-electron chi connectivity index (χ0n) is 10.9. The van der Waals surface area contributed by atoms with Crippen molar-refractivity contribution in [3.63, 3.8) is 0 Å². The smallest absolute Gasteiger partial charge is 0.319 e. The number of aromatic nitrogens is 2. The number of rotatable bonds is 5. The number of amides is 2. The van der Waals surface area contributed by atoms with Gasteiger partial charge >= 0.3 is 6.03 Å². The van der Waals surface area contributed by atoms with E-state index in [1.54, 1.807) is 36.8 Å². The van der Waals surface area contributed by atoms with E-state index in [1.165, 1.54) is 0 Å². The van der Waals surface area contributed by atoms with Crippen LogP contribution in [-0.2, 0) is 6.54 Å². The third kappa shape index (κ3) is 4.14. The second-order valence-corrected chi connectivity index (χ2v) is 4.23. The van der Waals surface area contributed by atoms with Crippen LogP contribution in [0.1, 0.15) is 12.0 Å². The van der Waals surface area contributed by atoms with E-state index in [9.17, 15) is 4.79 Å². The van der Waals surface area contributed by atoms with Crippen molar-refractivity contribution in [3.05, 3.63) is 48.5 Å². The van der Waals surface area contributed by atoms with Crippen molar-refractivity contribution in [3.8, 4) is 6.07 Å². The van der Waals surface area contributed by atoms with Gasteiger partial charge in [-0.2, -0.15) is 5.26 Å². The molecule has 6 nitrogen and oxygen atoms in total. The van der Waals surface area contributed by atoms with Crippen molar-refractivity contribution in [2.24, 2.45) is 0 Å². The van der Waals surface area contributed by atoms with Gasteiger partial charge in [-0.1, -0.05) is 6.07 Å². The predicted molar refractivity (Wildman–Crippen MR) is 75.0 cm³/mol. The normalized spacial score (nSPS) is 9.75. The fourth-order valence-corrected chi connectivity index (χ4v) is 1.72. The predicted octanol–water partition coefficient (Wildman–Crippen LogP) is 1.97. The standard InChI is InChI=1S/C14H15N5O/c15-10-12-3-1-4-13(9-12)18-14(20)17-5-2-7-19-8-6-16-11-19/h1,3-4,6,8-9,11H,2,5,7H2,(H2,17,18,20). The van der Waals surface area contributed by atoms with E-state index in [4.69, 9.17) is 5.26 Å². The molecule has 102 valence electrons. The van der Waals surface area contributed by atoms with Crippen LogP contribution in [0.25, 0.3) is 0 Å². The lowest BCUT2D eigenvalue weighted by atomic mass is 10.2. The van der Waals surface area contributed by atoms with Crippen LogP contribution in [0.4, 0.5) is 10.5 Å². The van der Waals surface area contributed by atoms with Gasteiger partial charge in [0.2, 0.25) is 0 Å². The molecular formula is C14H15N5O. The Morgan fingerprint density at radius 2 is 2.35 bits per heavy atom. The molecule has 6 heteroatoms. The van der Waals surface area contributed by atoms with Crippen molar-refractivity contribution in [2.45, 2.75) is 13.0 Å². The molecule has 1 heterocycles. The number of aryl methyl sites for hydroxylation is 1. The summed E-state index contributed by atoms with van der Waals surface area (Å²) in [6, 6.07) is 8.55. The Kier molecular flexibility index (Phi) is 4.73. The maximum Gasteiger partial charge on any atom is 0.319 e. The first-order valence-corrected chi connectivity index (χ1v) is 6.29. The molecule has 0 aliphatic carbocycles. The molecule has 0 radical (unpaired) electrons. The fourth-order valence-electron chi connectivity index (χ4n) is 1.72. The summed E-state index contributed by atoms with van der Waals surface area (Å²) in [6.45, 7) is 1.38. The van der Waals surface area contributed by atoms with E-state index in [2.05, 4.69) is 15.6 Å². The molecule has 2 rings (SSSR count). The van der Waals surface area contributed by atoms with E-state index < -0.39 is 0 Å². The largest absolute Gasteiger partial charge is 0.338 e. The van der Waals surface area contributed by atoms with E-state index >= 15 is 0 Å². The van der Waals surface area contributed by atoms with Gasteiger partial charge in [0.1, 0.15) is 0 Å². The zero-order valence-corrected chi connectivity index (χ0v) is 10.9. The number of hydrogen-bond donors (Lipinski definition) is 2. The van der Waals surface area contributed by atoms with Crippen LogP contribution in [0.15, 0.2) is 43.0 Å². The number of nitriles is 1. The second kappa shape index (κ2) is 6.95. The highest BCUT2D eigenvalue weighted by Gasteiger charge is 2.01. The molecule has 0 saturated carbocycles. The Bertz CT molecular complexity index is 600. The van der Waals surface area contributed by atoms with Crippen LogP contribution in [-0.4, -0.2) is 22.1 Å². The van der Waals surface area contributed by atoms with Gasteiger partial charge in [-0.25, -0.2) is 9.78 Å². The number of carbonyl (C=O) groups excluding carboxylic acids is 1. The third-order valence-corrected chi connectivity index (χ3v) is 2.69. The van der Waals surface area contributed by atoms with E-state index in [-0.39, 0.29) is 6.03 Å². The molecule has 1 aromatic heterocycles. The number of carbonyl (C=O) groups is 1. The minimum absolute atomic E-state index is 0.272. The Labute approximate surface area is 117 Å². The lowest BCUT2D eigenvalue weighted by Crippen LogP contribution is -2.30. The number of anilines is 1. The van der Waals surface area contributed by atoms with Crippen LogP contribution in [0.3, 0.4) is 0 Å². The number of urea groups is 1. The van der Waals surface area contributed by atoms with Gasteiger partial charge in [-0.15, -0.1) is 0 Å². The zero-order chi connectivity index (χ0) is 14.2. The molecule has 0 aliphatic rings. The minimum Gasteiger partial charge on any atom is -0.338 e. The van der Waals surface area contributed by atoms with Crippen LogP contribution in [0, 0.1) is 11.3 Å². The average Bonchev–Trinajstić information content (AvgIpc) is 2.97. The summed E-state index contributed by atoms with van der Waals surface area (Å²) in [7, 11) is 0. The number of hydrogen-bond acceptors (Lipinski definition) is 3. The van der Waals surface area contributed by atoms with Gasteiger partial charge in [0.05, 0.1) is 18.0 Å². The number of nitrogens with one attached hydrogen (secondary N) is 2. The highest BCUT2D eigenvalue weighted by atomic mass is 16.2. The summed E-state index contributed by atoms with van der Waals surface area (Å²) in [5, 5.41) is 14.2. The first-order valence-electron chi connectivity index (χ1n) is 6.29. The number of benzene rings is 1. The molecule has 0 atom stereocenters. The summed E-state index contributed by atoms with van der Waals surface area (Å²) in [5.41, 5.74) is 1.12. The first kappa shape index (κ1) is 13.6. The van der Waals surface area contributed by atoms with Crippen LogP contribution in [0.5, 0.6) is 0 Å². The van der Waals surface area contributed by atoms with E-state index in [1.807, 2.05) is 16.8 Å². The fraction of sp³-hybridized carbons (Fsp3) is 0.214. The monoisotopic (exact) mass is 269 g/mol. The van der Waals surface area contributed by atoms with E-state index in [0.29, 0.717) is 17.8 Å². The molecule has 0 unspecified atom stereocenters. The van der Waals surface area contributed by atoms with Gasteiger partial charge in [-0.05, 0) is 24.6 Å². The van der Waals surface area contributed by atoms with Crippen molar-refractivity contribution in [2.75, 3.05) is 11.9 Å². The van der Waals surface area contributed by atoms with Crippen LogP contribution >= 0.6 is 0 Å². The molecule has 2 amide bonds. The number of nitrogens with zero attached hydrogens (tertiary/aromatic N) is 3. The Morgan fingerprint density at radius 3 is 3.10 bits per heavy atom. The molecule has 2 N–H and O–H groups in total. The molecule has 1 aromatic carbocycles. The quantitative estimate of drug-likeness (QED) is 0.814. The van der Waals surface area contributed by atoms with Gasteiger partial charge in [0.15, 0.2) is 0 Å². The van der Waals surface area contributed by atoms with E-state index in [0.717, 1.165) is 13.0 Å². The molecule has 0 saturated heterocycles. The van der Waals surface area contributed by atoms with Gasteiger partial charge in [0.25, 0.3) is 0 Å². The van der Waals surface area contributed by atoms with Gasteiger partial charge < -0.3 is 15.2 Å². The SMILES string of the molecule is N#Cc1cccc(NC(=O)NCCCn2ccnc2)c1. The highest BCUT2D eigenvalue weighted by Crippen LogP contribution is 2.09. The van der Waals surface area contributed by atoms with Crippen molar-refractivity contribution < 1.29 is 4.79 Å². The first-order chi connectivity index (χ1) is 9.78. The molecule has 0 bridgehead atoms. The Balaban J connectivity index is 1.71. The molecule has 0 spiro atoms. The highest BCUT2D eigenvalue weighted by molar-refractivity contribution is 5.89. The van der Waals surface area contributed by atoms with Crippen molar-refractivity contribution in [1.29, 1.82) is 5.26 Å².